The van der Waals surface area contributed by atoms with Crippen LogP contribution in [0, 0.1) is 12.3 Å². The molecule has 0 atom stereocenters. The smallest absolute Gasteiger partial charge is 0.243 e. The van der Waals surface area contributed by atoms with E-state index in [0.29, 0.717) is 18.2 Å². The van der Waals surface area contributed by atoms with Gasteiger partial charge in [0.05, 0.1) is 6.54 Å². The standard InChI is InChI=1S/C20H22N4O.HI/c1-4-16-11-8-12-18(13-16)23-19(25)14-22-20(21-2)24(3)15-17-9-6-5-7-10-17;/h1,5-13H,14-15H2,2-3H3,(H,21,22)(H,23,25);1H. The Labute approximate surface area is 171 Å². The molecule has 136 valence electrons. The summed E-state index contributed by atoms with van der Waals surface area (Å²) in [5, 5.41) is 5.88. The van der Waals surface area contributed by atoms with Gasteiger partial charge in [0.2, 0.25) is 5.91 Å². The SMILES string of the molecule is C#Cc1cccc(NC(=O)CNC(=NC)N(C)Cc2ccccc2)c1.I. The predicted octanol–water partition coefficient (Wildman–Crippen LogP) is 2.93. The summed E-state index contributed by atoms with van der Waals surface area (Å²) in [4.78, 5) is 18.3. The first kappa shape index (κ1) is 21.5. The Morgan fingerprint density at radius 3 is 2.58 bits per heavy atom. The fraction of sp³-hybridized carbons (Fsp3) is 0.200. The van der Waals surface area contributed by atoms with E-state index in [2.05, 4.69) is 33.7 Å². The maximum Gasteiger partial charge on any atom is 0.243 e. The van der Waals surface area contributed by atoms with E-state index in [1.807, 2.05) is 42.3 Å². The van der Waals surface area contributed by atoms with Crippen molar-refractivity contribution in [3.05, 3.63) is 65.7 Å². The molecular weight excluding hydrogens is 439 g/mol. The van der Waals surface area contributed by atoms with Crippen LogP contribution in [0.25, 0.3) is 0 Å². The van der Waals surface area contributed by atoms with Crippen LogP contribution in [0.5, 0.6) is 0 Å². The molecule has 0 bridgehead atoms. The van der Waals surface area contributed by atoms with Gasteiger partial charge in [0.1, 0.15) is 0 Å². The Hall–Kier alpha value is -2.53. The topological polar surface area (TPSA) is 56.7 Å². The third kappa shape index (κ3) is 6.76. The van der Waals surface area contributed by atoms with Crippen molar-refractivity contribution < 1.29 is 4.79 Å². The van der Waals surface area contributed by atoms with Gasteiger partial charge in [-0.15, -0.1) is 30.4 Å². The number of halogens is 1. The Morgan fingerprint density at radius 2 is 1.92 bits per heavy atom. The minimum atomic E-state index is -0.163. The first-order valence-electron chi connectivity index (χ1n) is 7.94. The van der Waals surface area contributed by atoms with Gasteiger partial charge in [-0.2, -0.15) is 0 Å². The molecule has 0 saturated carbocycles. The zero-order valence-corrected chi connectivity index (χ0v) is 17.2. The minimum Gasteiger partial charge on any atom is -0.347 e. The summed E-state index contributed by atoms with van der Waals surface area (Å²) in [5.74, 6) is 3.03. The Kier molecular flexibility index (Phi) is 9.23. The van der Waals surface area contributed by atoms with E-state index in [4.69, 9.17) is 6.42 Å². The lowest BCUT2D eigenvalue weighted by Gasteiger charge is -2.22. The maximum absolute atomic E-state index is 12.1. The predicted molar refractivity (Wildman–Crippen MR) is 118 cm³/mol. The summed E-state index contributed by atoms with van der Waals surface area (Å²) in [6.07, 6.45) is 5.37. The number of hydrogen-bond donors (Lipinski definition) is 2. The van der Waals surface area contributed by atoms with Crippen molar-refractivity contribution in [1.82, 2.24) is 10.2 Å². The van der Waals surface area contributed by atoms with Crippen LogP contribution >= 0.6 is 24.0 Å². The van der Waals surface area contributed by atoms with Gasteiger partial charge in [-0.1, -0.05) is 42.3 Å². The third-order valence-corrected chi connectivity index (χ3v) is 3.56. The highest BCUT2D eigenvalue weighted by atomic mass is 127. The van der Waals surface area contributed by atoms with E-state index in [0.717, 1.165) is 5.56 Å². The van der Waals surface area contributed by atoms with Crippen molar-refractivity contribution in [3.8, 4) is 12.3 Å². The van der Waals surface area contributed by atoms with Crippen molar-refractivity contribution in [2.45, 2.75) is 6.54 Å². The second-order valence-corrected chi connectivity index (χ2v) is 5.52. The van der Waals surface area contributed by atoms with E-state index in [1.54, 1.807) is 19.2 Å². The molecule has 0 aromatic heterocycles. The molecule has 2 rings (SSSR count). The van der Waals surface area contributed by atoms with Gasteiger partial charge in [0.25, 0.3) is 0 Å². The number of amides is 1. The molecule has 0 aliphatic rings. The summed E-state index contributed by atoms with van der Waals surface area (Å²) < 4.78 is 0. The van der Waals surface area contributed by atoms with E-state index in [9.17, 15) is 4.79 Å². The summed E-state index contributed by atoms with van der Waals surface area (Å²) >= 11 is 0. The second-order valence-electron chi connectivity index (χ2n) is 5.52. The zero-order valence-electron chi connectivity index (χ0n) is 14.9. The maximum atomic E-state index is 12.1. The van der Waals surface area contributed by atoms with Crippen molar-refractivity contribution in [3.63, 3.8) is 0 Å². The van der Waals surface area contributed by atoms with E-state index >= 15 is 0 Å². The van der Waals surface area contributed by atoms with Gasteiger partial charge in [-0.05, 0) is 23.8 Å². The molecule has 0 heterocycles. The molecule has 26 heavy (non-hydrogen) atoms. The lowest BCUT2D eigenvalue weighted by molar-refractivity contribution is -0.115. The van der Waals surface area contributed by atoms with Crippen LogP contribution in [-0.2, 0) is 11.3 Å². The van der Waals surface area contributed by atoms with Gasteiger partial charge in [0.15, 0.2) is 5.96 Å². The summed E-state index contributed by atoms with van der Waals surface area (Å²) in [5.41, 5.74) is 2.57. The van der Waals surface area contributed by atoms with E-state index in [-0.39, 0.29) is 36.4 Å². The van der Waals surface area contributed by atoms with Crippen molar-refractivity contribution in [1.29, 1.82) is 0 Å². The molecule has 0 unspecified atom stereocenters. The molecule has 0 radical (unpaired) electrons. The van der Waals surface area contributed by atoms with E-state index < -0.39 is 0 Å². The lowest BCUT2D eigenvalue weighted by Crippen LogP contribution is -2.42. The number of benzene rings is 2. The average Bonchev–Trinajstić information content (AvgIpc) is 2.63. The number of guanidine groups is 1. The number of anilines is 1. The van der Waals surface area contributed by atoms with Crippen molar-refractivity contribution in [2.75, 3.05) is 26.0 Å². The van der Waals surface area contributed by atoms with Crippen LogP contribution in [-0.4, -0.2) is 37.4 Å². The number of terminal acetylenes is 1. The number of rotatable bonds is 5. The summed E-state index contributed by atoms with van der Waals surface area (Å²) in [6, 6.07) is 17.3. The summed E-state index contributed by atoms with van der Waals surface area (Å²) in [6.45, 7) is 0.818. The largest absolute Gasteiger partial charge is 0.347 e. The average molecular weight is 462 g/mol. The molecular formula is C20H23IN4O. The lowest BCUT2D eigenvalue weighted by atomic mass is 10.2. The molecule has 2 aromatic rings. The molecule has 0 aliphatic carbocycles. The second kappa shape index (κ2) is 11.2. The molecule has 0 fully saturated rings. The quantitative estimate of drug-likeness (QED) is 0.311. The van der Waals surface area contributed by atoms with Crippen LogP contribution in [0.15, 0.2) is 59.6 Å². The fourth-order valence-electron chi connectivity index (χ4n) is 2.37. The zero-order chi connectivity index (χ0) is 18.1. The first-order chi connectivity index (χ1) is 12.1. The van der Waals surface area contributed by atoms with Crippen LogP contribution in [0.4, 0.5) is 5.69 Å². The van der Waals surface area contributed by atoms with Crippen LogP contribution in [0.1, 0.15) is 11.1 Å². The molecule has 0 aliphatic heterocycles. The number of aliphatic imine (C=N–C) groups is 1. The van der Waals surface area contributed by atoms with Gasteiger partial charge in [-0.3, -0.25) is 9.79 Å². The highest BCUT2D eigenvalue weighted by Crippen LogP contribution is 2.09. The highest BCUT2D eigenvalue weighted by molar-refractivity contribution is 14.0. The first-order valence-corrected chi connectivity index (χ1v) is 7.94. The molecule has 6 heteroatoms. The van der Waals surface area contributed by atoms with Crippen molar-refractivity contribution >= 4 is 41.5 Å². The van der Waals surface area contributed by atoms with Gasteiger partial charge in [0, 0.05) is 31.9 Å². The molecule has 0 saturated heterocycles. The van der Waals surface area contributed by atoms with Gasteiger partial charge >= 0.3 is 0 Å². The number of nitrogens with zero attached hydrogens (tertiary/aromatic N) is 2. The monoisotopic (exact) mass is 462 g/mol. The molecule has 2 aromatic carbocycles. The van der Waals surface area contributed by atoms with Crippen LogP contribution in [0.2, 0.25) is 0 Å². The summed E-state index contributed by atoms with van der Waals surface area (Å²) in [7, 11) is 3.62. The third-order valence-electron chi connectivity index (χ3n) is 3.56. The molecule has 2 N–H and O–H groups in total. The Balaban J connectivity index is 0.00000338. The fourth-order valence-corrected chi connectivity index (χ4v) is 2.37. The molecule has 0 spiro atoms. The van der Waals surface area contributed by atoms with Gasteiger partial charge in [-0.25, -0.2) is 0 Å². The minimum absolute atomic E-state index is 0. The molecule has 1 amide bonds. The normalized spacial score (nSPS) is 10.3. The number of hydrogen-bond acceptors (Lipinski definition) is 2. The van der Waals surface area contributed by atoms with E-state index in [1.165, 1.54) is 5.56 Å². The van der Waals surface area contributed by atoms with Gasteiger partial charge < -0.3 is 15.5 Å². The van der Waals surface area contributed by atoms with Crippen molar-refractivity contribution in [2.24, 2.45) is 4.99 Å². The van der Waals surface area contributed by atoms with Crippen LogP contribution < -0.4 is 10.6 Å². The highest BCUT2D eigenvalue weighted by Gasteiger charge is 2.09. The van der Waals surface area contributed by atoms with Crippen LogP contribution in [0.3, 0.4) is 0 Å². The molecule has 5 nitrogen and oxygen atoms in total. The Bertz CT molecular complexity index is 784. The Morgan fingerprint density at radius 1 is 1.19 bits per heavy atom. The number of carbonyl (C=O) groups is 1. The number of nitrogens with one attached hydrogen (secondary N) is 2. The number of carbonyl (C=O) groups excluding carboxylic acids is 1.